The predicted octanol–water partition coefficient (Wildman–Crippen LogP) is 5.15. The Kier molecular flexibility index (Phi) is 4.98. The normalized spacial score (nSPS) is 9.60. The first kappa shape index (κ1) is 14.4. The van der Waals surface area contributed by atoms with E-state index in [1.165, 1.54) is 17.1 Å². The van der Waals surface area contributed by atoms with E-state index in [0.29, 0.717) is 0 Å². The Balaban J connectivity index is 0.00000147. The van der Waals surface area contributed by atoms with E-state index in [0.717, 1.165) is 0 Å². The zero-order valence-electron chi connectivity index (χ0n) is 10.9. The molecular weight excluding hydrogens is 289 g/mol. The third-order valence-electron chi connectivity index (χ3n) is 3.04. The van der Waals surface area contributed by atoms with Gasteiger partial charge in [-0.05, 0) is 36.4 Å². The van der Waals surface area contributed by atoms with Crippen LogP contribution in [-0.4, -0.2) is 0 Å². The van der Waals surface area contributed by atoms with Gasteiger partial charge < -0.3 is 4.90 Å². The van der Waals surface area contributed by atoms with Gasteiger partial charge in [-0.3, -0.25) is 0 Å². The summed E-state index contributed by atoms with van der Waals surface area (Å²) in [6.45, 7) is 0. The Labute approximate surface area is 129 Å². The third kappa shape index (κ3) is 3.09. The zero-order valence-corrected chi connectivity index (χ0v) is 11.9. The number of nitrogens with zero attached hydrogens (tertiary/aromatic N) is 1. The van der Waals surface area contributed by atoms with Crippen LogP contribution >= 0.6 is 0 Å². The molecule has 1 nitrogen and oxygen atoms in total. The minimum Gasteiger partial charge on any atom is -0.311 e. The minimum atomic E-state index is 0. The van der Waals surface area contributed by atoms with Crippen LogP contribution in [0.1, 0.15) is 0 Å². The molecule has 0 spiro atoms. The molecule has 3 rings (SSSR count). The van der Waals surface area contributed by atoms with Gasteiger partial charge in [-0.2, -0.15) is 0 Å². The molecule has 20 heavy (non-hydrogen) atoms. The molecular formula is C18H15NNi. The number of rotatable bonds is 3. The first-order valence-electron chi connectivity index (χ1n) is 6.40. The van der Waals surface area contributed by atoms with E-state index in [-0.39, 0.29) is 16.5 Å². The summed E-state index contributed by atoms with van der Waals surface area (Å²) in [7, 11) is 0. The van der Waals surface area contributed by atoms with Crippen LogP contribution < -0.4 is 4.90 Å². The van der Waals surface area contributed by atoms with E-state index in [1.807, 2.05) is 18.2 Å². The van der Waals surface area contributed by atoms with Gasteiger partial charge >= 0.3 is 0 Å². The molecule has 0 atom stereocenters. The first-order chi connectivity index (χ1) is 9.45. The van der Waals surface area contributed by atoms with Gasteiger partial charge in [0.25, 0.3) is 0 Å². The molecule has 0 radical (unpaired) electrons. The molecule has 0 aliphatic carbocycles. The number of hydrogen-bond acceptors (Lipinski definition) is 1. The molecule has 0 unspecified atom stereocenters. The zero-order chi connectivity index (χ0) is 12.9. The Bertz CT molecular complexity index is 529. The van der Waals surface area contributed by atoms with Crippen LogP contribution in [-0.2, 0) is 16.5 Å². The van der Waals surface area contributed by atoms with Crippen molar-refractivity contribution < 1.29 is 16.5 Å². The number of anilines is 3. The number of hydrogen-bond donors (Lipinski definition) is 0. The minimum absolute atomic E-state index is 0. The van der Waals surface area contributed by atoms with Gasteiger partial charge in [0.15, 0.2) is 0 Å². The summed E-state index contributed by atoms with van der Waals surface area (Å²) in [5, 5.41) is 0. The van der Waals surface area contributed by atoms with Crippen molar-refractivity contribution in [3.8, 4) is 0 Å². The molecule has 0 aliphatic rings. The Hall–Kier alpha value is -2.05. The van der Waals surface area contributed by atoms with E-state index < -0.39 is 0 Å². The maximum absolute atomic E-state index is 2.25. The van der Waals surface area contributed by atoms with Crippen molar-refractivity contribution in [2.45, 2.75) is 0 Å². The van der Waals surface area contributed by atoms with Crippen LogP contribution in [0.3, 0.4) is 0 Å². The second-order valence-corrected chi connectivity index (χ2v) is 4.34. The number of benzene rings is 3. The average Bonchev–Trinajstić information content (AvgIpc) is 2.51. The standard InChI is InChI=1S/C18H15N.Ni/c1-4-10-16(11-5-1)19(17-12-6-2-7-13-17)18-14-8-3-9-15-18;/h1-15H;. The van der Waals surface area contributed by atoms with Crippen LogP contribution in [0.5, 0.6) is 0 Å². The second-order valence-electron chi connectivity index (χ2n) is 4.34. The molecule has 0 fully saturated rings. The largest absolute Gasteiger partial charge is 0.311 e. The maximum Gasteiger partial charge on any atom is 0.0461 e. The quantitative estimate of drug-likeness (QED) is 0.605. The third-order valence-corrected chi connectivity index (χ3v) is 3.04. The van der Waals surface area contributed by atoms with Crippen molar-refractivity contribution in [1.29, 1.82) is 0 Å². The molecule has 0 aliphatic heterocycles. The van der Waals surface area contributed by atoms with Gasteiger partial charge in [-0.1, -0.05) is 54.6 Å². The molecule has 3 aromatic rings. The molecule has 0 bridgehead atoms. The molecule has 0 amide bonds. The van der Waals surface area contributed by atoms with E-state index in [9.17, 15) is 0 Å². The molecule has 0 heterocycles. The Morgan fingerprint density at radius 2 is 0.650 bits per heavy atom. The molecule has 0 saturated heterocycles. The molecule has 0 aromatic heterocycles. The first-order valence-corrected chi connectivity index (χ1v) is 6.40. The van der Waals surface area contributed by atoms with E-state index >= 15 is 0 Å². The van der Waals surface area contributed by atoms with Crippen LogP contribution in [0.4, 0.5) is 17.1 Å². The summed E-state index contributed by atoms with van der Waals surface area (Å²) in [5.41, 5.74) is 3.50. The van der Waals surface area contributed by atoms with E-state index in [2.05, 4.69) is 77.7 Å². The van der Waals surface area contributed by atoms with Crippen molar-refractivity contribution in [2.24, 2.45) is 0 Å². The van der Waals surface area contributed by atoms with Crippen molar-refractivity contribution in [3.05, 3.63) is 91.0 Å². The van der Waals surface area contributed by atoms with Crippen molar-refractivity contribution in [3.63, 3.8) is 0 Å². The van der Waals surface area contributed by atoms with Crippen molar-refractivity contribution in [1.82, 2.24) is 0 Å². The molecule has 2 heteroatoms. The van der Waals surface area contributed by atoms with Crippen LogP contribution in [0, 0.1) is 0 Å². The topological polar surface area (TPSA) is 3.24 Å². The summed E-state index contributed by atoms with van der Waals surface area (Å²) in [4.78, 5) is 2.25. The van der Waals surface area contributed by atoms with Gasteiger partial charge in [-0.25, -0.2) is 0 Å². The van der Waals surface area contributed by atoms with Gasteiger partial charge in [0.1, 0.15) is 0 Å². The van der Waals surface area contributed by atoms with Gasteiger partial charge in [-0.15, -0.1) is 0 Å². The molecule has 0 N–H and O–H groups in total. The summed E-state index contributed by atoms with van der Waals surface area (Å²) >= 11 is 0. The fraction of sp³-hybridized carbons (Fsp3) is 0. The maximum atomic E-state index is 2.25. The molecule has 3 aromatic carbocycles. The van der Waals surface area contributed by atoms with Crippen LogP contribution in [0.15, 0.2) is 91.0 Å². The number of para-hydroxylation sites is 3. The smallest absolute Gasteiger partial charge is 0.0461 e. The van der Waals surface area contributed by atoms with E-state index in [1.54, 1.807) is 0 Å². The predicted molar refractivity (Wildman–Crippen MR) is 81.1 cm³/mol. The monoisotopic (exact) mass is 303 g/mol. The summed E-state index contributed by atoms with van der Waals surface area (Å²) in [5.74, 6) is 0. The van der Waals surface area contributed by atoms with Crippen molar-refractivity contribution in [2.75, 3.05) is 4.90 Å². The molecule has 102 valence electrons. The fourth-order valence-corrected chi connectivity index (χ4v) is 2.18. The Morgan fingerprint density at radius 1 is 0.400 bits per heavy atom. The fourth-order valence-electron chi connectivity index (χ4n) is 2.18. The van der Waals surface area contributed by atoms with E-state index in [4.69, 9.17) is 0 Å². The summed E-state index contributed by atoms with van der Waals surface area (Å²) in [6.07, 6.45) is 0. The van der Waals surface area contributed by atoms with Gasteiger partial charge in [0, 0.05) is 33.6 Å². The Morgan fingerprint density at radius 3 is 0.900 bits per heavy atom. The SMILES string of the molecule is [Ni].c1ccc(N(c2ccccc2)c2ccccc2)cc1. The second kappa shape index (κ2) is 6.93. The summed E-state index contributed by atoms with van der Waals surface area (Å²) in [6, 6.07) is 31.3. The van der Waals surface area contributed by atoms with Gasteiger partial charge in [0.05, 0.1) is 0 Å². The molecule has 0 saturated carbocycles. The van der Waals surface area contributed by atoms with Gasteiger partial charge in [0.2, 0.25) is 0 Å². The summed E-state index contributed by atoms with van der Waals surface area (Å²) < 4.78 is 0. The average molecular weight is 304 g/mol. The van der Waals surface area contributed by atoms with Crippen LogP contribution in [0.2, 0.25) is 0 Å². The van der Waals surface area contributed by atoms with Crippen molar-refractivity contribution >= 4 is 17.1 Å². The van der Waals surface area contributed by atoms with Crippen LogP contribution in [0.25, 0.3) is 0 Å².